The van der Waals surface area contributed by atoms with Gasteiger partial charge < -0.3 is 9.84 Å². The molecule has 0 spiro atoms. The number of aliphatic hydroxyl groups excluding tert-OH is 1. The third-order valence-electron chi connectivity index (χ3n) is 2.88. The Balaban J connectivity index is 1.93. The molecule has 0 unspecified atom stereocenters. The lowest BCUT2D eigenvalue weighted by Gasteiger charge is -2.18. The molecule has 0 aromatic heterocycles. The standard InChI is InChI=1S/C12H16O3S/c1-9-12(11(13)8-16(9)14)15-7-10-5-3-2-4-6-10/h2-6,9,11-13H,7-8H2,1H3/t9-,11+,12-,16+/m1/s1. The van der Waals surface area contributed by atoms with Crippen LogP contribution in [0, 0.1) is 0 Å². The van der Waals surface area contributed by atoms with Crippen molar-refractivity contribution < 1.29 is 14.1 Å². The molecule has 16 heavy (non-hydrogen) atoms. The Morgan fingerprint density at radius 2 is 2.12 bits per heavy atom. The van der Waals surface area contributed by atoms with Crippen LogP contribution in [0.15, 0.2) is 30.3 Å². The minimum absolute atomic E-state index is 0.0845. The molecule has 1 aromatic carbocycles. The van der Waals surface area contributed by atoms with Crippen molar-refractivity contribution in [2.24, 2.45) is 0 Å². The first-order chi connectivity index (χ1) is 7.68. The molecule has 3 nitrogen and oxygen atoms in total. The molecule has 0 radical (unpaired) electrons. The van der Waals surface area contributed by atoms with E-state index in [9.17, 15) is 9.32 Å². The summed E-state index contributed by atoms with van der Waals surface area (Å²) < 4.78 is 17.1. The smallest absolute Gasteiger partial charge is 0.0987 e. The van der Waals surface area contributed by atoms with Gasteiger partial charge in [-0.15, -0.1) is 0 Å². The van der Waals surface area contributed by atoms with E-state index in [2.05, 4.69) is 0 Å². The fourth-order valence-corrected chi connectivity index (χ4v) is 3.28. The van der Waals surface area contributed by atoms with Crippen LogP contribution in [0.2, 0.25) is 0 Å². The number of rotatable bonds is 3. The number of hydrogen-bond acceptors (Lipinski definition) is 3. The monoisotopic (exact) mass is 240 g/mol. The summed E-state index contributed by atoms with van der Waals surface area (Å²) in [5.41, 5.74) is 1.07. The largest absolute Gasteiger partial charge is 0.389 e. The van der Waals surface area contributed by atoms with Crippen LogP contribution in [-0.2, 0) is 22.1 Å². The lowest BCUT2D eigenvalue weighted by atomic mass is 10.2. The van der Waals surface area contributed by atoms with E-state index in [1.165, 1.54) is 0 Å². The highest BCUT2D eigenvalue weighted by Crippen LogP contribution is 2.21. The SMILES string of the molecule is C[C@@H]1[C@@H](OCc2ccccc2)[C@@H](O)C[S@@]1=O. The van der Waals surface area contributed by atoms with Gasteiger partial charge in [-0.3, -0.25) is 4.21 Å². The molecule has 0 aliphatic carbocycles. The molecule has 0 saturated carbocycles. The van der Waals surface area contributed by atoms with Gasteiger partial charge in [-0.05, 0) is 12.5 Å². The molecule has 1 saturated heterocycles. The van der Waals surface area contributed by atoms with Gasteiger partial charge >= 0.3 is 0 Å². The summed E-state index contributed by atoms with van der Waals surface area (Å²) in [5, 5.41) is 9.61. The Morgan fingerprint density at radius 1 is 1.44 bits per heavy atom. The second kappa shape index (κ2) is 5.08. The van der Waals surface area contributed by atoms with Crippen molar-refractivity contribution >= 4 is 10.8 Å². The first-order valence-corrected chi connectivity index (χ1v) is 6.77. The van der Waals surface area contributed by atoms with Crippen LogP contribution in [0.1, 0.15) is 12.5 Å². The fourth-order valence-electron chi connectivity index (χ4n) is 1.89. The average molecular weight is 240 g/mol. The van der Waals surface area contributed by atoms with Crippen LogP contribution in [0.4, 0.5) is 0 Å². The molecule has 4 atom stereocenters. The third-order valence-corrected chi connectivity index (χ3v) is 4.64. The zero-order valence-electron chi connectivity index (χ0n) is 9.20. The number of ether oxygens (including phenoxy) is 1. The van der Waals surface area contributed by atoms with E-state index >= 15 is 0 Å². The molecule has 1 fully saturated rings. The van der Waals surface area contributed by atoms with Crippen molar-refractivity contribution in [1.82, 2.24) is 0 Å². The predicted octanol–water partition coefficient (Wildman–Crippen LogP) is 1.08. The second-order valence-electron chi connectivity index (χ2n) is 4.08. The van der Waals surface area contributed by atoms with Crippen LogP contribution in [-0.4, -0.2) is 32.5 Å². The maximum atomic E-state index is 11.5. The molecule has 0 bridgehead atoms. The summed E-state index contributed by atoms with van der Waals surface area (Å²) in [7, 11) is -0.961. The first kappa shape index (κ1) is 11.8. The summed E-state index contributed by atoms with van der Waals surface area (Å²) in [4.78, 5) is 0. The molecule has 88 valence electrons. The molecule has 0 amide bonds. The van der Waals surface area contributed by atoms with E-state index in [-0.39, 0.29) is 11.4 Å². The molecule has 1 N–H and O–H groups in total. The van der Waals surface area contributed by atoms with E-state index < -0.39 is 16.9 Å². The molecule has 1 aliphatic rings. The summed E-state index contributed by atoms with van der Waals surface area (Å²) in [6, 6.07) is 9.80. The average Bonchev–Trinajstić information content (AvgIpc) is 2.53. The van der Waals surface area contributed by atoms with Crippen LogP contribution < -0.4 is 0 Å². The highest BCUT2D eigenvalue weighted by molar-refractivity contribution is 7.86. The number of aliphatic hydroxyl groups is 1. The van der Waals surface area contributed by atoms with Gasteiger partial charge in [0.2, 0.25) is 0 Å². The van der Waals surface area contributed by atoms with Gasteiger partial charge in [0.25, 0.3) is 0 Å². The van der Waals surface area contributed by atoms with E-state index in [0.717, 1.165) is 5.56 Å². The fraction of sp³-hybridized carbons (Fsp3) is 0.500. The lowest BCUT2D eigenvalue weighted by Crippen LogP contribution is -2.31. The second-order valence-corrected chi connectivity index (χ2v) is 5.92. The molecule has 1 aromatic rings. The Labute approximate surface area is 97.9 Å². The molecule has 1 aliphatic heterocycles. The minimum Gasteiger partial charge on any atom is -0.389 e. The number of hydrogen-bond donors (Lipinski definition) is 1. The summed E-state index contributed by atoms with van der Waals surface area (Å²) in [6.45, 7) is 2.33. The predicted molar refractivity (Wildman–Crippen MR) is 63.5 cm³/mol. The van der Waals surface area contributed by atoms with Crippen molar-refractivity contribution in [1.29, 1.82) is 0 Å². The van der Waals surface area contributed by atoms with Crippen LogP contribution in [0.3, 0.4) is 0 Å². The lowest BCUT2D eigenvalue weighted by molar-refractivity contribution is -0.0279. The maximum absolute atomic E-state index is 11.5. The highest BCUT2D eigenvalue weighted by Gasteiger charge is 2.38. The third kappa shape index (κ3) is 2.51. The first-order valence-electron chi connectivity index (χ1n) is 5.39. The molecular formula is C12H16O3S. The molecule has 4 heteroatoms. The van der Waals surface area contributed by atoms with Crippen LogP contribution in [0.25, 0.3) is 0 Å². The Morgan fingerprint density at radius 3 is 2.69 bits per heavy atom. The van der Waals surface area contributed by atoms with Crippen molar-refractivity contribution in [3.8, 4) is 0 Å². The van der Waals surface area contributed by atoms with Gasteiger partial charge in [-0.1, -0.05) is 30.3 Å². The topological polar surface area (TPSA) is 46.5 Å². The highest BCUT2D eigenvalue weighted by atomic mass is 32.2. The van der Waals surface area contributed by atoms with Gasteiger partial charge in [-0.2, -0.15) is 0 Å². The van der Waals surface area contributed by atoms with E-state index in [0.29, 0.717) is 12.4 Å². The molecule has 1 heterocycles. The van der Waals surface area contributed by atoms with Gasteiger partial charge in [0.15, 0.2) is 0 Å². The summed E-state index contributed by atoms with van der Waals surface area (Å²) >= 11 is 0. The zero-order valence-corrected chi connectivity index (χ0v) is 10.0. The molecule has 2 rings (SSSR count). The van der Waals surface area contributed by atoms with Gasteiger partial charge in [0.05, 0.1) is 29.8 Å². The Kier molecular flexibility index (Phi) is 3.74. The van der Waals surface area contributed by atoms with Gasteiger partial charge in [0, 0.05) is 10.8 Å². The van der Waals surface area contributed by atoms with Crippen molar-refractivity contribution in [2.75, 3.05) is 5.75 Å². The van der Waals surface area contributed by atoms with Crippen LogP contribution in [0.5, 0.6) is 0 Å². The van der Waals surface area contributed by atoms with Crippen molar-refractivity contribution in [2.45, 2.75) is 31.0 Å². The van der Waals surface area contributed by atoms with Crippen molar-refractivity contribution in [3.05, 3.63) is 35.9 Å². The van der Waals surface area contributed by atoms with E-state index in [1.54, 1.807) is 0 Å². The number of benzene rings is 1. The van der Waals surface area contributed by atoms with E-state index in [4.69, 9.17) is 4.74 Å². The van der Waals surface area contributed by atoms with Gasteiger partial charge in [0.1, 0.15) is 0 Å². The minimum atomic E-state index is -0.961. The summed E-state index contributed by atoms with van der Waals surface area (Å²) in [6.07, 6.45) is -0.902. The molecular weight excluding hydrogens is 224 g/mol. The zero-order chi connectivity index (χ0) is 11.5. The van der Waals surface area contributed by atoms with E-state index in [1.807, 2.05) is 37.3 Å². The van der Waals surface area contributed by atoms with Crippen molar-refractivity contribution in [3.63, 3.8) is 0 Å². The Bertz CT molecular complexity index is 366. The van der Waals surface area contributed by atoms with Crippen LogP contribution >= 0.6 is 0 Å². The maximum Gasteiger partial charge on any atom is 0.0987 e. The van der Waals surface area contributed by atoms with Gasteiger partial charge in [-0.25, -0.2) is 0 Å². The summed E-state index contributed by atoms with van der Waals surface area (Å²) in [5.74, 6) is 0.334. The quantitative estimate of drug-likeness (QED) is 0.860. The normalized spacial score (nSPS) is 34.1. The Hall–Kier alpha value is -0.710.